The Labute approximate surface area is 231 Å². The maximum absolute atomic E-state index is 12.9. The molecule has 5 N–H and O–H groups in total. The van der Waals surface area contributed by atoms with Crippen molar-refractivity contribution in [3.05, 3.63) is 104 Å². The second-order valence-corrected chi connectivity index (χ2v) is 9.77. The zero-order chi connectivity index (χ0) is 26.4. The van der Waals surface area contributed by atoms with Crippen LogP contribution in [0.5, 0.6) is 0 Å². The summed E-state index contributed by atoms with van der Waals surface area (Å²) in [5, 5.41) is 17.9. The Kier molecular flexibility index (Phi) is 8.70. The first-order valence-electron chi connectivity index (χ1n) is 11.2. The molecule has 0 radical (unpaired) electrons. The molecule has 8 nitrogen and oxygen atoms in total. The summed E-state index contributed by atoms with van der Waals surface area (Å²) < 4.78 is 0.838. The first-order valence-corrected chi connectivity index (χ1v) is 12.7. The summed E-state index contributed by atoms with van der Waals surface area (Å²) >= 11 is 16.0. The first kappa shape index (κ1) is 26.5. The molecule has 37 heavy (non-hydrogen) atoms. The van der Waals surface area contributed by atoms with Crippen LogP contribution in [0.15, 0.2) is 77.3 Å². The molecular weight excluding hydrogens is 581 g/mol. The largest absolute Gasteiger partial charge is 0.465 e. The minimum Gasteiger partial charge on any atom is -0.465 e. The van der Waals surface area contributed by atoms with Gasteiger partial charge in [-0.05, 0) is 47.9 Å². The van der Waals surface area contributed by atoms with Gasteiger partial charge in [0.25, 0.3) is 0 Å². The molecule has 3 aromatic carbocycles. The van der Waals surface area contributed by atoms with Gasteiger partial charge in [0.1, 0.15) is 16.7 Å². The van der Waals surface area contributed by atoms with Gasteiger partial charge in [-0.15, -0.1) is 0 Å². The molecule has 0 fully saturated rings. The number of imidazole rings is 1. The second-order valence-electron chi connectivity index (χ2n) is 8.10. The van der Waals surface area contributed by atoms with Gasteiger partial charge in [-0.25, -0.2) is 14.6 Å². The molecule has 1 atom stereocenters. The number of H-pyrrole nitrogens is 1. The molecule has 0 aliphatic carbocycles. The van der Waals surface area contributed by atoms with Crippen molar-refractivity contribution in [2.45, 2.75) is 19.0 Å². The highest BCUT2D eigenvalue weighted by atomic mass is 79.9. The molecule has 0 aliphatic rings. The standard InChI is InChI=1S/C26H22BrCl2N5O3/c27-20-11-8-18(28)13-17(20)14-30-25(35)32-21(12-15-4-2-1-3-5-15)24-33-22(23(29)34-24)16-6-9-19(10-7-16)31-26(36)37/h1-11,13,21,31H,12,14H2,(H,33,34)(H,36,37)(H2,30,32,35)/t21-/m0/s1. The summed E-state index contributed by atoms with van der Waals surface area (Å²) in [5.74, 6) is 0.482. The lowest BCUT2D eigenvalue weighted by molar-refractivity contribution is 0.209. The van der Waals surface area contributed by atoms with Gasteiger partial charge in [0.15, 0.2) is 0 Å². The number of urea groups is 1. The Morgan fingerprint density at radius 1 is 1.03 bits per heavy atom. The number of rotatable bonds is 8. The molecule has 4 aromatic rings. The SMILES string of the molecule is O=C(O)Nc1ccc(-c2nc([C@H](Cc3ccccc3)NC(=O)NCc3cc(Cl)ccc3Br)[nH]c2Cl)cc1. The molecule has 0 saturated carbocycles. The topological polar surface area (TPSA) is 119 Å². The Morgan fingerprint density at radius 2 is 1.76 bits per heavy atom. The van der Waals surface area contributed by atoms with Gasteiger partial charge in [0, 0.05) is 27.3 Å². The number of nitrogens with one attached hydrogen (secondary N) is 4. The molecule has 11 heteroatoms. The number of nitrogens with zero attached hydrogens (tertiary/aromatic N) is 1. The zero-order valence-corrected chi connectivity index (χ0v) is 22.4. The lowest BCUT2D eigenvalue weighted by Crippen LogP contribution is -2.38. The molecule has 0 saturated heterocycles. The predicted molar refractivity (Wildman–Crippen MR) is 148 cm³/mol. The summed E-state index contributed by atoms with van der Waals surface area (Å²) in [7, 11) is 0. The predicted octanol–water partition coefficient (Wildman–Crippen LogP) is 7.02. The fourth-order valence-corrected chi connectivity index (χ4v) is 4.52. The highest BCUT2D eigenvalue weighted by Gasteiger charge is 2.22. The van der Waals surface area contributed by atoms with Crippen molar-refractivity contribution in [1.82, 2.24) is 20.6 Å². The number of carbonyl (C=O) groups excluding carboxylic acids is 1. The van der Waals surface area contributed by atoms with Gasteiger partial charge >= 0.3 is 12.1 Å². The van der Waals surface area contributed by atoms with Crippen LogP contribution in [0.1, 0.15) is 23.0 Å². The first-order chi connectivity index (χ1) is 17.8. The molecule has 0 unspecified atom stereocenters. The van der Waals surface area contributed by atoms with Gasteiger partial charge < -0.3 is 20.7 Å². The average molecular weight is 603 g/mol. The maximum Gasteiger partial charge on any atom is 0.409 e. The Hall–Kier alpha value is -3.53. The number of benzene rings is 3. The van der Waals surface area contributed by atoms with E-state index in [-0.39, 0.29) is 12.6 Å². The average Bonchev–Trinajstić information content (AvgIpc) is 3.26. The molecule has 0 bridgehead atoms. The number of hydrogen-bond acceptors (Lipinski definition) is 3. The third-order valence-electron chi connectivity index (χ3n) is 5.45. The fraction of sp³-hybridized carbons (Fsp3) is 0.115. The van der Waals surface area contributed by atoms with E-state index in [0.717, 1.165) is 15.6 Å². The number of anilines is 1. The van der Waals surface area contributed by atoms with E-state index in [4.69, 9.17) is 28.3 Å². The van der Waals surface area contributed by atoms with Crippen molar-refractivity contribution < 1.29 is 14.7 Å². The van der Waals surface area contributed by atoms with Crippen LogP contribution in [0.2, 0.25) is 10.2 Å². The second kappa shape index (κ2) is 12.1. The van der Waals surface area contributed by atoms with E-state index in [1.165, 1.54) is 0 Å². The van der Waals surface area contributed by atoms with E-state index in [9.17, 15) is 9.59 Å². The fourth-order valence-electron chi connectivity index (χ4n) is 3.69. The normalized spacial score (nSPS) is 11.5. The summed E-state index contributed by atoms with van der Waals surface area (Å²) in [6.07, 6.45) is -0.677. The maximum atomic E-state index is 12.9. The third-order valence-corrected chi connectivity index (χ3v) is 6.74. The minimum atomic E-state index is -1.15. The molecule has 0 spiro atoms. The highest BCUT2D eigenvalue weighted by molar-refractivity contribution is 9.10. The number of carbonyl (C=O) groups is 2. The van der Waals surface area contributed by atoms with Crippen LogP contribution in [-0.2, 0) is 13.0 Å². The molecule has 4 rings (SSSR count). The van der Waals surface area contributed by atoms with Crippen molar-refractivity contribution in [3.8, 4) is 11.3 Å². The number of hydrogen-bond donors (Lipinski definition) is 5. The van der Waals surface area contributed by atoms with Crippen molar-refractivity contribution in [3.63, 3.8) is 0 Å². The van der Waals surface area contributed by atoms with Crippen LogP contribution in [0.4, 0.5) is 15.3 Å². The lowest BCUT2D eigenvalue weighted by Gasteiger charge is -2.18. The summed E-state index contributed by atoms with van der Waals surface area (Å²) in [4.78, 5) is 31.5. The van der Waals surface area contributed by atoms with E-state index in [1.807, 2.05) is 36.4 Å². The third kappa shape index (κ3) is 7.25. The Morgan fingerprint density at radius 3 is 2.46 bits per heavy atom. The molecule has 0 aliphatic heterocycles. The number of aromatic amines is 1. The number of halogens is 3. The smallest absolute Gasteiger partial charge is 0.409 e. The van der Waals surface area contributed by atoms with Gasteiger partial charge in [-0.3, -0.25) is 5.32 Å². The monoisotopic (exact) mass is 601 g/mol. The van der Waals surface area contributed by atoms with Crippen LogP contribution in [0.25, 0.3) is 11.3 Å². The highest BCUT2D eigenvalue weighted by Crippen LogP contribution is 2.29. The minimum absolute atomic E-state index is 0.270. The van der Waals surface area contributed by atoms with Crippen LogP contribution >= 0.6 is 39.1 Å². The van der Waals surface area contributed by atoms with Crippen LogP contribution in [0.3, 0.4) is 0 Å². The van der Waals surface area contributed by atoms with E-state index < -0.39 is 12.1 Å². The van der Waals surface area contributed by atoms with E-state index in [1.54, 1.807) is 36.4 Å². The van der Waals surface area contributed by atoms with Crippen LogP contribution < -0.4 is 16.0 Å². The van der Waals surface area contributed by atoms with Crippen molar-refractivity contribution in [2.75, 3.05) is 5.32 Å². The summed E-state index contributed by atoms with van der Waals surface area (Å²) in [6, 6.07) is 20.9. The van der Waals surface area contributed by atoms with Crippen molar-refractivity contribution in [2.24, 2.45) is 0 Å². The Bertz CT molecular complexity index is 1400. The summed E-state index contributed by atoms with van der Waals surface area (Å²) in [6.45, 7) is 0.270. The van der Waals surface area contributed by atoms with Crippen LogP contribution in [0, 0.1) is 0 Å². The molecular formula is C26H22BrCl2N5O3. The quantitative estimate of drug-likeness (QED) is 0.149. The van der Waals surface area contributed by atoms with Gasteiger partial charge in [-0.2, -0.15) is 0 Å². The van der Waals surface area contributed by atoms with Gasteiger partial charge in [0.2, 0.25) is 0 Å². The lowest BCUT2D eigenvalue weighted by atomic mass is 10.1. The summed E-state index contributed by atoms with van der Waals surface area (Å²) in [5.41, 5.74) is 3.45. The number of aromatic nitrogens is 2. The van der Waals surface area contributed by atoms with E-state index in [2.05, 4.69) is 41.8 Å². The molecule has 1 heterocycles. The molecule has 3 amide bonds. The number of amides is 3. The number of carboxylic acid groups (broad SMARTS) is 1. The molecule has 1 aromatic heterocycles. The zero-order valence-electron chi connectivity index (χ0n) is 19.3. The van der Waals surface area contributed by atoms with Crippen molar-refractivity contribution >= 4 is 56.9 Å². The van der Waals surface area contributed by atoms with Crippen LogP contribution in [-0.4, -0.2) is 27.2 Å². The van der Waals surface area contributed by atoms with Gasteiger partial charge in [0.05, 0.1) is 6.04 Å². The van der Waals surface area contributed by atoms with Gasteiger partial charge in [-0.1, -0.05) is 81.6 Å². The Balaban J connectivity index is 1.54. The molecule has 190 valence electrons. The van der Waals surface area contributed by atoms with Crippen molar-refractivity contribution in [1.29, 1.82) is 0 Å². The van der Waals surface area contributed by atoms with E-state index in [0.29, 0.717) is 39.4 Å². The van der Waals surface area contributed by atoms with E-state index >= 15 is 0 Å².